The number of hydrogen-bond donors (Lipinski definition) is 2. The zero-order chi connectivity index (χ0) is 11.0. The van der Waals surface area contributed by atoms with Gasteiger partial charge in [-0.15, -0.1) is 0 Å². The molecule has 1 atom stereocenters. The summed E-state index contributed by atoms with van der Waals surface area (Å²) in [5, 5.41) is 10.6. The summed E-state index contributed by atoms with van der Waals surface area (Å²) in [5.41, 5.74) is 3.48. The number of fused-ring (bicyclic) bond motifs is 1. The topological polar surface area (TPSA) is 36.0 Å². The Bertz CT molecular complexity index is 488. The van der Waals surface area contributed by atoms with Crippen LogP contribution >= 0.6 is 15.9 Å². The molecule has 0 spiro atoms. The zero-order valence-electron chi connectivity index (χ0n) is 8.84. The second-order valence-electron chi connectivity index (χ2n) is 3.97. The minimum absolute atomic E-state index is 0.305. The van der Waals surface area contributed by atoms with Gasteiger partial charge in [-0.2, -0.15) is 0 Å². The van der Waals surface area contributed by atoms with E-state index >= 15 is 0 Å². The van der Waals surface area contributed by atoms with E-state index in [4.69, 9.17) is 0 Å². The number of aliphatic hydroxyl groups is 1. The van der Waals surface area contributed by atoms with E-state index < -0.39 is 0 Å². The number of H-pyrrole nitrogens is 1. The maximum atomic E-state index is 9.38. The van der Waals surface area contributed by atoms with Gasteiger partial charge < -0.3 is 10.1 Å². The van der Waals surface area contributed by atoms with Gasteiger partial charge in [0.25, 0.3) is 0 Å². The summed E-state index contributed by atoms with van der Waals surface area (Å²) < 4.78 is 1.08. The molecule has 0 aliphatic rings. The number of aliphatic hydroxyl groups excluding tert-OH is 1. The van der Waals surface area contributed by atoms with Gasteiger partial charge in [0, 0.05) is 27.5 Å². The molecule has 2 rings (SSSR count). The first-order valence-electron chi connectivity index (χ1n) is 5.02. The highest BCUT2D eigenvalue weighted by molar-refractivity contribution is 9.10. The third-order valence-corrected chi connectivity index (χ3v) is 3.12. The average molecular weight is 268 g/mol. The second kappa shape index (κ2) is 3.99. The lowest BCUT2D eigenvalue weighted by Gasteiger charge is -2.02. The van der Waals surface area contributed by atoms with Crippen molar-refractivity contribution < 1.29 is 5.11 Å². The normalized spacial score (nSPS) is 13.3. The fourth-order valence-electron chi connectivity index (χ4n) is 1.85. The second-order valence-corrected chi connectivity index (χ2v) is 4.89. The van der Waals surface area contributed by atoms with Crippen LogP contribution in [-0.4, -0.2) is 16.2 Å². The fraction of sp³-hybridized carbons (Fsp3) is 0.333. The van der Waals surface area contributed by atoms with Crippen molar-refractivity contribution in [2.24, 2.45) is 0 Å². The fourth-order valence-corrected chi connectivity index (χ4v) is 2.22. The molecule has 0 saturated heterocycles. The Hall–Kier alpha value is -0.800. The Labute approximate surface area is 97.4 Å². The molecule has 15 heavy (non-hydrogen) atoms. The number of nitrogens with one attached hydrogen (secondary N) is 1. The lowest BCUT2D eigenvalue weighted by Crippen LogP contribution is -2.05. The maximum absolute atomic E-state index is 9.38. The quantitative estimate of drug-likeness (QED) is 0.862. The number of rotatable bonds is 2. The molecule has 80 valence electrons. The molecule has 1 aromatic carbocycles. The Balaban J connectivity index is 2.54. The molecule has 2 aromatic rings. The molecule has 0 aliphatic carbocycles. The number of aromatic amines is 1. The third kappa shape index (κ3) is 2.08. The molecule has 1 unspecified atom stereocenters. The molecule has 1 heterocycles. The molecule has 0 amide bonds. The number of aryl methyl sites for hydroxylation is 1. The van der Waals surface area contributed by atoms with Crippen molar-refractivity contribution in [3.8, 4) is 0 Å². The smallest absolute Gasteiger partial charge is 0.0566 e. The van der Waals surface area contributed by atoms with Crippen LogP contribution in [-0.2, 0) is 6.42 Å². The van der Waals surface area contributed by atoms with Gasteiger partial charge in [0.2, 0.25) is 0 Å². The number of hydrogen-bond acceptors (Lipinski definition) is 1. The van der Waals surface area contributed by atoms with Gasteiger partial charge in [-0.3, -0.25) is 0 Å². The Morgan fingerprint density at radius 1 is 1.47 bits per heavy atom. The molecular weight excluding hydrogens is 254 g/mol. The summed E-state index contributed by atoms with van der Waals surface area (Å²) in [7, 11) is 0. The number of halogens is 1. The minimum atomic E-state index is -0.305. The summed E-state index contributed by atoms with van der Waals surface area (Å²) in [6, 6.07) is 6.18. The van der Waals surface area contributed by atoms with Crippen molar-refractivity contribution in [2.75, 3.05) is 0 Å². The first kappa shape index (κ1) is 10.7. The molecule has 0 aliphatic heterocycles. The molecule has 1 aromatic heterocycles. The van der Waals surface area contributed by atoms with E-state index in [-0.39, 0.29) is 6.10 Å². The van der Waals surface area contributed by atoms with Crippen LogP contribution in [0.3, 0.4) is 0 Å². The maximum Gasteiger partial charge on any atom is 0.0566 e. The van der Waals surface area contributed by atoms with Gasteiger partial charge >= 0.3 is 0 Å². The van der Waals surface area contributed by atoms with Crippen molar-refractivity contribution in [3.05, 3.63) is 33.9 Å². The van der Waals surface area contributed by atoms with Gasteiger partial charge in [0.15, 0.2) is 0 Å². The predicted octanol–water partition coefficient (Wildman–Crippen LogP) is 3.16. The minimum Gasteiger partial charge on any atom is -0.393 e. The van der Waals surface area contributed by atoms with Gasteiger partial charge in [-0.05, 0) is 37.6 Å². The van der Waals surface area contributed by atoms with E-state index in [2.05, 4.69) is 40.0 Å². The van der Waals surface area contributed by atoms with E-state index in [9.17, 15) is 5.11 Å². The summed E-state index contributed by atoms with van der Waals surface area (Å²) in [5.74, 6) is 0. The molecule has 0 bridgehead atoms. The Kier molecular flexibility index (Phi) is 2.85. The number of aromatic nitrogens is 1. The van der Waals surface area contributed by atoms with Crippen LogP contribution in [0.5, 0.6) is 0 Å². The first-order chi connectivity index (χ1) is 7.08. The van der Waals surface area contributed by atoms with E-state index in [0.29, 0.717) is 6.42 Å². The van der Waals surface area contributed by atoms with Crippen molar-refractivity contribution in [1.82, 2.24) is 4.98 Å². The van der Waals surface area contributed by atoms with E-state index in [1.54, 1.807) is 6.92 Å². The van der Waals surface area contributed by atoms with Crippen LogP contribution in [0.15, 0.2) is 22.7 Å². The van der Waals surface area contributed by atoms with Crippen LogP contribution < -0.4 is 0 Å². The molecule has 0 fully saturated rings. The van der Waals surface area contributed by atoms with Crippen LogP contribution in [0.25, 0.3) is 10.9 Å². The summed E-state index contributed by atoms with van der Waals surface area (Å²) in [4.78, 5) is 3.34. The Morgan fingerprint density at radius 3 is 2.87 bits per heavy atom. The van der Waals surface area contributed by atoms with Crippen LogP contribution in [0, 0.1) is 6.92 Å². The largest absolute Gasteiger partial charge is 0.393 e. The van der Waals surface area contributed by atoms with Crippen molar-refractivity contribution in [2.45, 2.75) is 26.4 Å². The monoisotopic (exact) mass is 267 g/mol. The van der Waals surface area contributed by atoms with Crippen LogP contribution in [0.2, 0.25) is 0 Å². The van der Waals surface area contributed by atoms with Gasteiger partial charge in [-0.1, -0.05) is 15.9 Å². The summed E-state index contributed by atoms with van der Waals surface area (Å²) >= 11 is 3.46. The van der Waals surface area contributed by atoms with Gasteiger partial charge in [0.1, 0.15) is 0 Å². The van der Waals surface area contributed by atoms with Gasteiger partial charge in [-0.25, -0.2) is 0 Å². The number of benzene rings is 1. The molecule has 3 heteroatoms. The summed E-state index contributed by atoms with van der Waals surface area (Å²) in [6.07, 6.45) is 0.373. The van der Waals surface area contributed by atoms with Crippen molar-refractivity contribution in [1.29, 1.82) is 0 Å². The molecule has 0 radical (unpaired) electrons. The van der Waals surface area contributed by atoms with Gasteiger partial charge in [0.05, 0.1) is 6.10 Å². The summed E-state index contributed by atoms with van der Waals surface area (Å²) in [6.45, 7) is 3.89. The lowest BCUT2D eigenvalue weighted by atomic mass is 10.1. The average Bonchev–Trinajstić information content (AvgIpc) is 2.44. The lowest BCUT2D eigenvalue weighted by molar-refractivity contribution is 0.194. The highest BCUT2D eigenvalue weighted by Crippen LogP contribution is 2.25. The molecule has 0 saturated carbocycles. The first-order valence-corrected chi connectivity index (χ1v) is 5.82. The van der Waals surface area contributed by atoms with E-state index in [1.165, 1.54) is 10.9 Å². The standard InChI is InChI=1S/C12H14BrNO/c1-7(15)5-12-8(2)10-6-9(13)3-4-11(10)14-12/h3-4,6-7,14-15H,5H2,1-2H3. The van der Waals surface area contributed by atoms with E-state index in [1.807, 2.05) is 6.07 Å². The molecule has 2 N–H and O–H groups in total. The van der Waals surface area contributed by atoms with E-state index in [0.717, 1.165) is 15.7 Å². The zero-order valence-corrected chi connectivity index (χ0v) is 10.4. The van der Waals surface area contributed by atoms with Crippen LogP contribution in [0.1, 0.15) is 18.2 Å². The molecule has 2 nitrogen and oxygen atoms in total. The Morgan fingerprint density at radius 2 is 2.20 bits per heavy atom. The third-order valence-electron chi connectivity index (χ3n) is 2.62. The van der Waals surface area contributed by atoms with Crippen molar-refractivity contribution in [3.63, 3.8) is 0 Å². The SMILES string of the molecule is Cc1c(CC(C)O)[nH]c2ccc(Br)cc12. The molecular formula is C12H14BrNO. The highest BCUT2D eigenvalue weighted by Gasteiger charge is 2.09. The predicted molar refractivity (Wildman–Crippen MR) is 66.1 cm³/mol. The van der Waals surface area contributed by atoms with Crippen LogP contribution in [0.4, 0.5) is 0 Å². The van der Waals surface area contributed by atoms with Crippen molar-refractivity contribution >= 4 is 26.8 Å². The highest BCUT2D eigenvalue weighted by atomic mass is 79.9.